The SMILES string of the molecule is C[C@@H](NC(=O)C1(NC(=O)C2CC2)CC1)c1ccc(-c2cccc(F)c2C#N)cc1. The predicted octanol–water partition coefficient (Wildman–Crippen LogP) is 3.60. The molecule has 2 aliphatic carbocycles. The lowest BCUT2D eigenvalue weighted by Crippen LogP contribution is -2.50. The minimum atomic E-state index is -0.753. The maximum Gasteiger partial charge on any atom is 0.246 e. The normalized spacial score (nSPS) is 17.7. The largest absolute Gasteiger partial charge is 0.348 e. The van der Waals surface area contributed by atoms with Crippen LogP contribution in [0.3, 0.4) is 0 Å². The van der Waals surface area contributed by atoms with Crippen molar-refractivity contribution in [1.29, 1.82) is 5.26 Å². The first kappa shape index (κ1) is 19.1. The summed E-state index contributed by atoms with van der Waals surface area (Å²) in [5.74, 6) is -0.637. The molecule has 0 aromatic heterocycles. The average molecular weight is 391 g/mol. The van der Waals surface area contributed by atoms with Crippen LogP contribution < -0.4 is 10.6 Å². The third-order valence-electron chi connectivity index (χ3n) is 5.69. The molecule has 0 heterocycles. The molecule has 0 saturated heterocycles. The third kappa shape index (κ3) is 3.86. The molecule has 0 radical (unpaired) electrons. The summed E-state index contributed by atoms with van der Waals surface area (Å²) in [4.78, 5) is 24.7. The van der Waals surface area contributed by atoms with Crippen LogP contribution in [0.5, 0.6) is 0 Å². The van der Waals surface area contributed by atoms with Crippen LogP contribution in [0.4, 0.5) is 4.39 Å². The van der Waals surface area contributed by atoms with Gasteiger partial charge in [-0.2, -0.15) is 5.26 Å². The van der Waals surface area contributed by atoms with E-state index in [1.807, 2.05) is 37.3 Å². The van der Waals surface area contributed by atoms with Gasteiger partial charge in [0.1, 0.15) is 17.4 Å². The van der Waals surface area contributed by atoms with Crippen LogP contribution in [0.25, 0.3) is 11.1 Å². The van der Waals surface area contributed by atoms with Crippen LogP contribution >= 0.6 is 0 Å². The highest BCUT2D eigenvalue weighted by Gasteiger charge is 2.52. The second kappa shape index (κ2) is 7.32. The van der Waals surface area contributed by atoms with E-state index in [0.29, 0.717) is 18.4 Å². The van der Waals surface area contributed by atoms with Gasteiger partial charge in [0.05, 0.1) is 11.6 Å². The number of nitrogens with zero attached hydrogens (tertiary/aromatic N) is 1. The fourth-order valence-corrected chi connectivity index (χ4v) is 3.47. The van der Waals surface area contributed by atoms with Crippen molar-refractivity contribution in [2.75, 3.05) is 0 Å². The summed E-state index contributed by atoms with van der Waals surface area (Å²) in [5, 5.41) is 15.1. The first-order valence-electron chi connectivity index (χ1n) is 9.85. The molecular formula is C23H22FN3O2. The van der Waals surface area contributed by atoms with Crippen molar-refractivity contribution in [3.8, 4) is 17.2 Å². The van der Waals surface area contributed by atoms with Crippen molar-refractivity contribution in [2.45, 2.75) is 44.2 Å². The molecule has 5 nitrogen and oxygen atoms in total. The first-order chi connectivity index (χ1) is 13.9. The van der Waals surface area contributed by atoms with E-state index in [4.69, 9.17) is 0 Å². The number of halogens is 1. The van der Waals surface area contributed by atoms with E-state index in [9.17, 15) is 19.2 Å². The standard InChI is InChI=1S/C23H22FN3O2/c1-14(26-22(29)23(11-12-23)27-21(28)17-9-10-17)15-5-7-16(8-6-15)18-3-2-4-20(24)19(18)13-25/h2-8,14,17H,9-12H2,1H3,(H,26,29)(H,27,28)/t14-/m1/s1. The highest BCUT2D eigenvalue weighted by Crippen LogP contribution is 2.39. The minimum Gasteiger partial charge on any atom is -0.348 e. The van der Waals surface area contributed by atoms with Gasteiger partial charge in [-0.25, -0.2) is 4.39 Å². The van der Waals surface area contributed by atoms with Gasteiger partial charge < -0.3 is 10.6 Å². The zero-order valence-electron chi connectivity index (χ0n) is 16.2. The molecule has 29 heavy (non-hydrogen) atoms. The number of hydrogen-bond donors (Lipinski definition) is 2. The van der Waals surface area contributed by atoms with Crippen LogP contribution in [0, 0.1) is 23.1 Å². The Bertz CT molecular complexity index is 1000. The quantitative estimate of drug-likeness (QED) is 0.789. The zero-order valence-corrected chi connectivity index (χ0v) is 16.2. The molecule has 2 N–H and O–H groups in total. The molecule has 0 unspecified atom stereocenters. The molecule has 6 heteroatoms. The lowest BCUT2D eigenvalue weighted by atomic mass is 9.97. The Morgan fingerprint density at radius 2 is 1.86 bits per heavy atom. The monoisotopic (exact) mass is 391 g/mol. The summed E-state index contributed by atoms with van der Waals surface area (Å²) in [6.45, 7) is 1.88. The molecule has 148 valence electrons. The highest BCUT2D eigenvalue weighted by molar-refractivity contribution is 5.95. The number of hydrogen-bond acceptors (Lipinski definition) is 3. The molecule has 0 aliphatic heterocycles. The topological polar surface area (TPSA) is 82.0 Å². The fourth-order valence-electron chi connectivity index (χ4n) is 3.47. The predicted molar refractivity (Wildman–Crippen MR) is 106 cm³/mol. The lowest BCUT2D eigenvalue weighted by molar-refractivity contribution is -0.131. The number of carbonyl (C=O) groups excluding carboxylic acids is 2. The molecule has 2 aliphatic rings. The van der Waals surface area contributed by atoms with Gasteiger partial charge in [-0.3, -0.25) is 9.59 Å². The number of nitrogens with one attached hydrogen (secondary N) is 2. The maximum atomic E-state index is 13.8. The number of carbonyl (C=O) groups is 2. The molecule has 2 fully saturated rings. The molecule has 0 spiro atoms. The van der Waals surface area contributed by atoms with Gasteiger partial charge in [-0.05, 0) is 49.8 Å². The number of nitriles is 1. The molecule has 0 bridgehead atoms. The number of rotatable bonds is 6. The minimum absolute atomic E-state index is 0.0157. The summed E-state index contributed by atoms with van der Waals surface area (Å²) >= 11 is 0. The van der Waals surface area contributed by atoms with E-state index in [1.165, 1.54) is 6.07 Å². The summed E-state index contributed by atoms with van der Waals surface area (Å²) < 4.78 is 13.8. The van der Waals surface area contributed by atoms with Crippen LogP contribution in [0.15, 0.2) is 42.5 Å². The molecule has 2 amide bonds. The Labute approximate surface area is 168 Å². The number of amides is 2. The Morgan fingerprint density at radius 3 is 2.45 bits per heavy atom. The van der Waals surface area contributed by atoms with Crippen LogP contribution in [-0.4, -0.2) is 17.4 Å². The van der Waals surface area contributed by atoms with E-state index < -0.39 is 11.4 Å². The summed E-state index contributed by atoms with van der Waals surface area (Å²) in [6, 6.07) is 13.6. The summed E-state index contributed by atoms with van der Waals surface area (Å²) in [6.07, 6.45) is 3.15. The van der Waals surface area contributed by atoms with Crippen molar-refractivity contribution in [1.82, 2.24) is 10.6 Å². The Kier molecular flexibility index (Phi) is 4.83. The van der Waals surface area contributed by atoms with Crippen LogP contribution in [-0.2, 0) is 9.59 Å². The van der Waals surface area contributed by atoms with Gasteiger partial charge in [0.15, 0.2) is 0 Å². The Morgan fingerprint density at radius 1 is 1.17 bits per heavy atom. The van der Waals surface area contributed by atoms with E-state index in [0.717, 1.165) is 24.0 Å². The Hall–Kier alpha value is -3.20. The fraction of sp³-hybridized carbons (Fsp3) is 0.348. The smallest absolute Gasteiger partial charge is 0.246 e. The molecule has 2 saturated carbocycles. The van der Waals surface area contributed by atoms with Crippen molar-refractivity contribution < 1.29 is 14.0 Å². The van der Waals surface area contributed by atoms with E-state index in [1.54, 1.807) is 12.1 Å². The van der Waals surface area contributed by atoms with Gasteiger partial charge in [-0.15, -0.1) is 0 Å². The van der Waals surface area contributed by atoms with E-state index in [-0.39, 0.29) is 29.3 Å². The van der Waals surface area contributed by atoms with Gasteiger partial charge in [0.25, 0.3) is 0 Å². The molecular weight excluding hydrogens is 369 g/mol. The zero-order chi connectivity index (χ0) is 20.6. The summed E-state index contributed by atoms with van der Waals surface area (Å²) in [5.41, 5.74) is 1.43. The highest BCUT2D eigenvalue weighted by atomic mass is 19.1. The lowest BCUT2D eigenvalue weighted by Gasteiger charge is -2.21. The van der Waals surface area contributed by atoms with Crippen LogP contribution in [0.2, 0.25) is 0 Å². The molecule has 2 aromatic carbocycles. The third-order valence-corrected chi connectivity index (χ3v) is 5.69. The van der Waals surface area contributed by atoms with Crippen molar-refractivity contribution in [3.63, 3.8) is 0 Å². The number of benzene rings is 2. The second-order valence-electron chi connectivity index (χ2n) is 7.94. The summed E-state index contributed by atoms with van der Waals surface area (Å²) in [7, 11) is 0. The van der Waals surface area contributed by atoms with Crippen molar-refractivity contribution in [2.24, 2.45) is 5.92 Å². The van der Waals surface area contributed by atoms with Gasteiger partial charge in [0, 0.05) is 11.5 Å². The van der Waals surface area contributed by atoms with E-state index >= 15 is 0 Å². The van der Waals surface area contributed by atoms with Gasteiger partial charge in [-0.1, -0.05) is 36.4 Å². The van der Waals surface area contributed by atoms with Crippen LogP contribution in [0.1, 0.15) is 49.8 Å². The van der Waals surface area contributed by atoms with E-state index in [2.05, 4.69) is 10.6 Å². The first-order valence-corrected chi connectivity index (χ1v) is 9.85. The molecule has 4 rings (SSSR count). The van der Waals surface area contributed by atoms with Gasteiger partial charge in [0.2, 0.25) is 11.8 Å². The average Bonchev–Trinajstić information content (AvgIpc) is 3.62. The van der Waals surface area contributed by atoms with Crippen molar-refractivity contribution in [3.05, 3.63) is 59.4 Å². The molecule has 2 aromatic rings. The van der Waals surface area contributed by atoms with Crippen molar-refractivity contribution >= 4 is 11.8 Å². The van der Waals surface area contributed by atoms with Gasteiger partial charge >= 0.3 is 0 Å². The second-order valence-corrected chi connectivity index (χ2v) is 7.94. The maximum absolute atomic E-state index is 13.8. The molecule has 1 atom stereocenters. The Balaban J connectivity index is 1.44.